The summed E-state index contributed by atoms with van der Waals surface area (Å²) in [5.74, 6) is 0.803. The third kappa shape index (κ3) is 1.06. The average Bonchev–Trinajstić information content (AvgIpc) is 2.85. The van der Waals surface area contributed by atoms with Crippen molar-refractivity contribution in [2.75, 3.05) is 13.7 Å². The molecule has 1 fully saturated rings. The van der Waals surface area contributed by atoms with Crippen molar-refractivity contribution in [3.05, 3.63) is 24.0 Å². The molecule has 2 rings (SSSR count). The van der Waals surface area contributed by atoms with Gasteiger partial charge >= 0.3 is 0 Å². The van der Waals surface area contributed by atoms with Gasteiger partial charge in [0.05, 0.1) is 13.7 Å². The van der Waals surface area contributed by atoms with E-state index in [0.29, 0.717) is 0 Å². The minimum absolute atomic E-state index is 0.202. The zero-order valence-corrected chi connectivity index (χ0v) is 7.20. The lowest BCUT2D eigenvalue weighted by atomic mass is 10.1. The number of ether oxygens (including phenoxy) is 2. The summed E-state index contributed by atoms with van der Waals surface area (Å²) in [4.78, 5) is 4.23. The van der Waals surface area contributed by atoms with Gasteiger partial charge in [0.15, 0.2) is 0 Å². The number of pyridine rings is 1. The van der Waals surface area contributed by atoms with E-state index in [1.165, 1.54) is 0 Å². The van der Waals surface area contributed by atoms with Crippen molar-refractivity contribution in [2.45, 2.75) is 12.5 Å². The lowest BCUT2D eigenvalue weighted by Crippen LogP contribution is -2.07. The van der Waals surface area contributed by atoms with E-state index in [4.69, 9.17) is 9.47 Å². The molecule has 1 aromatic rings. The van der Waals surface area contributed by atoms with E-state index in [-0.39, 0.29) is 5.60 Å². The summed E-state index contributed by atoms with van der Waals surface area (Å²) in [5, 5.41) is 0. The molecular formula is C9H11NO2. The predicted octanol–water partition coefficient (Wildman–Crippen LogP) is 1.34. The monoisotopic (exact) mass is 165 g/mol. The SMILES string of the molecule is COc1cccnc1C1(C)CO1. The van der Waals surface area contributed by atoms with Crippen LogP contribution in [0.5, 0.6) is 5.75 Å². The summed E-state index contributed by atoms with van der Waals surface area (Å²) in [6.07, 6.45) is 1.75. The van der Waals surface area contributed by atoms with Gasteiger partial charge in [-0.05, 0) is 19.1 Å². The van der Waals surface area contributed by atoms with Gasteiger partial charge in [0.1, 0.15) is 17.0 Å². The van der Waals surface area contributed by atoms with Gasteiger partial charge < -0.3 is 9.47 Å². The summed E-state index contributed by atoms with van der Waals surface area (Å²) in [7, 11) is 1.65. The van der Waals surface area contributed by atoms with E-state index < -0.39 is 0 Å². The molecule has 3 nitrogen and oxygen atoms in total. The maximum Gasteiger partial charge on any atom is 0.143 e. The first-order valence-corrected chi connectivity index (χ1v) is 3.90. The zero-order chi connectivity index (χ0) is 8.60. The quantitative estimate of drug-likeness (QED) is 0.620. The summed E-state index contributed by atoms with van der Waals surface area (Å²) in [6, 6.07) is 3.75. The van der Waals surface area contributed by atoms with Crippen LogP contribution in [-0.2, 0) is 10.3 Å². The van der Waals surface area contributed by atoms with Crippen LogP contribution in [0.15, 0.2) is 18.3 Å². The smallest absolute Gasteiger partial charge is 0.143 e. The molecule has 1 aromatic heterocycles. The molecule has 3 heteroatoms. The largest absolute Gasteiger partial charge is 0.495 e. The Morgan fingerprint density at radius 2 is 2.42 bits per heavy atom. The third-order valence-electron chi connectivity index (χ3n) is 2.07. The third-order valence-corrected chi connectivity index (χ3v) is 2.07. The Hall–Kier alpha value is -1.09. The number of hydrogen-bond acceptors (Lipinski definition) is 3. The number of methoxy groups -OCH3 is 1. The fourth-order valence-corrected chi connectivity index (χ4v) is 1.20. The van der Waals surface area contributed by atoms with Gasteiger partial charge in [-0.3, -0.25) is 4.98 Å². The molecule has 1 unspecified atom stereocenters. The van der Waals surface area contributed by atoms with Crippen LogP contribution >= 0.6 is 0 Å². The first kappa shape index (κ1) is 7.55. The van der Waals surface area contributed by atoms with Crippen molar-refractivity contribution < 1.29 is 9.47 Å². The van der Waals surface area contributed by atoms with Crippen LogP contribution in [0, 0.1) is 0 Å². The minimum Gasteiger partial charge on any atom is -0.495 e. The number of nitrogens with zero attached hydrogens (tertiary/aromatic N) is 1. The molecule has 0 bridgehead atoms. The van der Waals surface area contributed by atoms with Gasteiger partial charge in [0.2, 0.25) is 0 Å². The first-order chi connectivity index (χ1) is 5.76. The molecule has 0 saturated carbocycles. The lowest BCUT2D eigenvalue weighted by molar-refractivity contribution is 0.309. The van der Waals surface area contributed by atoms with Crippen molar-refractivity contribution in [1.29, 1.82) is 0 Å². The highest BCUT2D eigenvalue weighted by molar-refractivity contribution is 5.33. The second-order valence-electron chi connectivity index (χ2n) is 3.07. The summed E-state index contributed by atoms with van der Waals surface area (Å²) in [6.45, 7) is 2.75. The normalized spacial score (nSPS) is 26.8. The maximum absolute atomic E-state index is 5.28. The second-order valence-corrected chi connectivity index (χ2v) is 3.07. The molecule has 1 aliphatic rings. The summed E-state index contributed by atoms with van der Waals surface area (Å²) < 4.78 is 10.5. The van der Waals surface area contributed by atoms with E-state index in [2.05, 4.69) is 4.98 Å². The fraction of sp³-hybridized carbons (Fsp3) is 0.444. The number of hydrogen-bond donors (Lipinski definition) is 0. The minimum atomic E-state index is -0.202. The maximum atomic E-state index is 5.28. The zero-order valence-electron chi connectivity index (χ0n) is 7.20. The van der Waals surface area contributed by atoms with E-state index in [0.717, 1.165) is 18.1 Å². The summed E-state index contributed by atoms with van der Waals surface area (Å²) in [5.41, 5.74) is 0.694. The van der Waals surface area contributed by atoms with Crippen molar-refractivity contribution in [2.24, 2.45) is 0 Å². The van der Waals surface area contributed by atoms with Crippen LogP contribution in [0.1, 0.15) is 12.6 Å². The van der Waals surface area contributed by atoms with Gasteiger partial charge in [-0.15, -0.1) is 0 Å². The molecule has 1 saturated heterocycles. The standard InChI is InChI=1S/C9H11NO2/c1-9(6-12-9)8-7(11-2)4-3-5-10-8/h3-5H,6H2,1-2H3. The van der Waals surface area contributed by atoms with Crippen molar-refractivity contribution in [3.8, 4) is 5.75 Å². The molecule has 1 aliphatic heterocycles. The lowest BCUT2D eigenvalue weighted by Gasteiger charge is -2.08. The Labute approximate surface area is 71.3 Å². The number of epoxide rings is 1. The molecule has 12 heavy (non-hydrogen) atoms. The highest BCUT2D eigenvalue weighted by Crippen LogP contribution is 2.40. The highest BCUT2D eigenvalue weighted by Gasteiger charge is 2.44. The van der Waals surface area contributed by atoms with Crippen LogP contribution in [0.3, 0.4) is 0 Å². The van der Waals surface area contributed by atoms with Gasteiger partial charge in [-0.1, -0.05) is 0 Å². The molecule has 0 amide bonds. The van der Waals surface area contributed by atoms with Crippen LogP contribution in [0.4, 0.5) is 0 Å². The van der Waals surface area contributed by atoms with Crippen molar-refractivity contribution in [1.82, 2.24) is 4.98 Å². The van der Waals surface area contributed by atoms with Crippen LogP contribution in [0.25, 0.3) is 0 Å². The highest BCUT2D eigenvalue weighted by atomic mass is 16.6. The topological polar surface area (TPSA) is 34.6 Å². The second kappa shape index (κ2) is 2.45. The average molecular weight is 165 g/mol. The Kier molecular flexibility index (Phi) is 1.54. The van der Waals surface area contributed by atoms with E-state index in [1.807, 2.05) is 19.1 Å². The van der Waals surface area contributed by atoms with Crippen LogP contribution < -0.4 is 4.74 Å². The molecule has 0 spiro atoms. The van der Waals surface area contributed by atoms with Crippen molar-refractivity contribution >= 4 is 0 Å². The molecule has 0 aromatic carbocycles. The van der Waals surface area contributed by atoms with Crippen LogP contribution in [-0.4, -0.2) is 18.7 Å². The Morgan fingerprint density at radius 3 is 3.00 bits per heavy atom. The molecule has 2 heterocycles. The van der Waals surface area contributed by atoms with Gasteiger partial charge in [-0.25, -0.2) is 0 Å². The van der Waals surface area contributed by atoms with E-state index in [9.17, 15) is 0 Å². The Morgan fingerprint density at radius 1 is 1.67 bits per heavy atom. The van der Waals surface area contributed by atoms with Gasteiger partial charge in [0, 0.05) is 6.20 Å². The van der Waals surface area contributed by atoms with Crippen LogP contribution in [0.2, 0.25) is 0 Å². The molecular weight excluding hydrogens is 154 g/mol. The Bertz CT molecular complexity index is 294. The van der Waals surface area contributed by atoms with Gasteiger partial charge in [-0.2, -0.15) is 0 Å². The van der Waals surface area contributed by atoms with Gasteiger partial charge in [0.25, 0.3) is 0 Å². The van der Waals surface area contributed by atoms with E-state index >= 15 is 0 Å². The number of rotatable bonds is 2. The predicted molar refractivity (Wildman–Crippen MR) is 44.1 cm³/mol. The van der Waals surface area contributed by atoms with E-state index in [1.54, 1.807) is 13.3 Å². The first-order valence-electron chi connectivity index (χ1n) is 3.90. The summed E-state index contributed by atoms with van der Waals surface area (Å²) >= 11 is 0. The van der Waals surface area contributed by atoms with Crippen molar-refractivity contribution in [3.63, 3.8) is 0 Å². The molecule has 0 aliphatic carbocycles. The molecule has 0 N–H and O–H groups in total. The Balaban J connectivity index is 2.42. The fourth-order valence-electron chi connectivity index (χ4n) is 1.20. The molecule has 0 radical (unpaired) electrons. The molecule has 64 valence electrons. The molecule has 1 atom stereocenters. The number of aromatic nitrogens is 1.